The van der Waals surface area contributed by atoms with Gasteiger partial charge in [0.2, 0.25) is 0 Å². The number of Topliss-reactive ketones (excluding diaryl/α,β-unsaturated/α-hetero) is 1. The van der Waals surface area contributed by atoms with Crippen molar-refractivity contribution in [3.63, 3.8) is 0 Å². The summed E-state index contributed by atoms with van der Waals surface area (Å²) in [6.07, 6.45) is 4.56. The SMILES string of the molecule is CCC(CC)C(=O)c1ccc(OC2CC2)cc1. The van der Waals surface area contributed by atoms with Crippen LogP contribution in [0.1, 0.15) is 49.9 Å². The van der Waals surface area contributed by atoms with Crippen LogP contribution in [0.2, 0.25) is 0 Å². The molecule has 92 valence electrons. The van der Waals surface area contributed by atoms with Crippen molar-refractivity contribution in [3.8, 4) is 5.75 Å². The van der Waals surface area contributed by atoms with Crippen LogP contribution in [0.25, 0.3) is 0 Å². The first kappa shape index (κ1) is 12.2. The maximum atomic E-state index is 12.1. The van der Waals surface area contributed by atoms with Gasteiger partial charge in [-0.15, -0.1) is 0 Å². The van der Waals surface area contributed by atoms with Gasteiger partial charge in [0.15, 0.2) is 5.78 Å². The number of benzene rings is 1. The van der Waals surface area contributed by atoms with E-state index in [4.69, 9.17) is 4.74 Å². The molecule has 0 bridgehead atoms. The third-order valence-electron chi connectivity index (χ3n) is 3.32. The molecule has 0 saturated heterocycles. The first-order valence-corrected chi connectivity index (χ1v) is 6.55. The highest BCUT2D eigenvalue weighted by Gasteiger charge is 2.23. The van der Waals surface area contributed by atoms with Crippen LogP contribution in [0.15, 0.2) is 24.3 Å². The van der Waals surface area contributed by atoms with Crippen molar-refractivity contribution in [1.29, 1.82) is 0 Å². The summed E-state index contributed by atoms with van der Waals surface area (Å²) in [5.74, 6) is 1.30. The maximum absolute atomic E-state index is 12.1. The van der Waals surface area contributed by atoms with E-state index < -0.39 is 0 Å². The van der Waals surface area contributed by atoms with Gasteiger partial charge in [-0.2, -0.15) is 0 Å². The molecule has 2 rings (SSSR count). The second-order valence-corrected chi connectivity index (χ2v) is 4.72. The Bertz CT molecular complexity index is 372. The molecule has 1 aliphatic rings. The topological polar surface area (TPSA) is 26.3 Å². The van der Waals surface area contributed by atoms with Gasteiger partial charge >= 0.3 is 0 Å². The number of ether oxygens (including phenoxy) is 1. The van der Waals surface area contributed by atoms with E-state index in [1.807, 2.05) is 24.3 Å². The van der Waals surface area contributed by atoms with E-state index in [0.29, 0.717) is 6.10 Å². The minimum atomic E-state index is 0.158. The zero-order valence-electron chi connectivity index (χ0n) is 10.6. The van der Waals surface area contributed by atoms with Crippen LogP contribution in [0, 0.1) is 5.92 Å². The van der Waals surface area contributed by atoms with E-state index in [1.165, 1.54) is 0 Å². The van der Waals surface area contributed by atoms with E-state index in [-0.39, 0.29) is 11.7 Å². The minimum Gasteiger partial charge on any atom is -0.490 e. The average molecular weight is 232 g/mol. The van der Waals surface area contributed by atoms with Gasteiger partial charge in [0.05, 0.1) is 6.10 Å². The lowest BCUT2D eigenvalue weighted by Crippen LogP contribution is -2.12. The van der Waals surface area contributed by atoms with Crippen LogP contribution >= 0.6 is 0 Å². The molecule has 1 aromatic rings. The molecule has 2 nitrogen and oxygen atoms in total. The first-order chi connectivity index (χ1) is 8.24. The molecule has 0 N–H and O–H groups in total. The van der Waals surface area contributed by atoms with Crippen LogP contribution in [-0.4, -0.2) is 11.9 Å². The van der Waals surface area contributed by atoms with Crippen LogP contribution in [0.4, 0.5) is 0 Å². The predicted octanol–water partition coefficient (Wildman–Crippen LogP) is 3.85. The van der Waals surface area contributed by atoms with E-state index in [9.17, 15) is 4.79 Å². The highest BCUT2D eigenvalue weighted by Crippen LogP contribution is 2.27. The van der Waals surface area contributed by atoms with Crippen molar-refractivity contribution in [2.45, 2.75) is 45.6 Å². The summed E-state index contributed by atoms with van der Waals surface area (Å²) in [6.45, 7) is 4.13. The highest BCUT2D eigenvalue weighted by molar-refractivity contribution is 5.97. The van der Waals surface area contributed by atoms with Gasteiger partial charge in [-0.3, -0.25) is 4.79 Å². The smallest absolute Gasteiger partial charge is 0.165 e. The normalized spacial score (nSPS) is 15.0. The molecule has 1 aliphatic carbocycles. The van der Waals surface area contributed by atoms with Crippen LogP contribution in [-0.2, 0) is 0 Å². The van der Waals surface area contributed by atoms with Crippen molar-refractivity contribution >= 4 is 5.78 Å². The van der Waals surface area contributed by atoms with Crippen LogP contribution < -0.4 is 4.74 Å². The van der Waals surface area contributed by atoms with Crippen molar-refractivity contribution in [2.75, 3.05) is 0 Å². The molecule has 0 heterocycles. The van der Waals surface area contributed by atoms with Gasteiger partial charge in [0.25, 0.3) is 0 Å². The summed E-state index contributed by atoms with van der Waals surface area (Å²) >= 11 is 0. The Morgan fingerprint density at radius 2 is 1.82 bits per heavy atom. The molecule has 1 aromatic carbocycles. The van der Waals surface area contributed by atoms with Crippen LogP contribution in [0.3, 0.4) is 0 Å². The fraction of sp³-hybridized carbons (Fsp3) is 0.533. The van der Waals surface area contributed by atoms with Gasteiger partial charge in [-0.05, 0) is 49.9 Å². The maximum Gasteiger partial charge on any atom is 0.165 e. The monoisotopic (exact) mass is 232 g/mol. The third-order valence-corrected chi connectivity index (χ3v) is 3.32. The average Bonchev–Trinajstić information content (AvgIpc) is 3.15. The molecule has 0 aromatic heterocycles. The molecule has 1 saturated carbocycles. The van der Waals surface area contributed by atoms with Crippen molar-refractivity contribution in [1.82, 2.24) is 0 Å². The number of carbonyl (C=O) groups is 1. The van der Waals surface area contributed by atoms with Crippen molar-refractivity contribution < 1.29 is 9.53 Å². The highest BCUT2D eigenvalue weighted by atomic mass is 16.5. The predicted molar refractivity (Wildman–Crippen MR) is 68.5 cm³/mol. The summed E-state index contributed by atoms with van der Waals surface area (Å²) in [7, 11) is 0. The zero-order chi connectivity index (χ0) is 12.3. The van der Waals surface area contributed by atoms with Gasteiger partial charge < -0.3 is 4.74 Å². The fourth-order valence-corrected chi connectivity index (χ4v) is 1.97. The van der Waals surface area contributed by atoms with E-state index >= 15 is 0 Å². The summed E-state index contributed by atoms with van der Waals surface area (Å²) in [6, 6.07) is 7.60. The molecular weight excluding hydrogens is 212 g/mol. The van der Waals surface area contributed by atoms with Gasteiger partial charge in [0.1, 0.15) is 5.75 Å². The number of rotatable bonds is 6. The molecule has 0 spiro atoms. The standard InChI is InChI=1S/C15H20O2/c1-3-11(4-2)15(16)12-5-7-13(8-6-12)17-14-9-10-14/h5-8,11,14H,3-4,9-10H2,1-2H3. The zero-order valence-corrected chi connectivity index (χ0v) is 10.6. The summed E-state index contributed by atoms with van der Waals surface area (Å²) in [4.78, 5) is 12.1. The summed E-state index contributed by atoms with van der Waals surface area (Å²) < 4.78 is 5.66. The van der Waals surface area contributed by atoms with Crippen molar-refractivity contribution in [3.05, 3.63) is 29.8 Å². The minimum absolute atomic E-state index is 0.158. The summed E-state index contributed by atoms with van der Waals surface area (Å²) in [5.41, 5.74) is 0.807. The quantitative estimate of drug-likeness (QED) is 0.696. The second-order valence-electron chi connectivity index (χ2n) is 4.72. The molecule has 0 radical (unpaired) electrons. The lowest BCUT2D eigenvalue weighted by atomic mass is 9.93. The third kappa shape index (κ3) is 3.09. The van der Waals surface area contributed by atoms with E-state index in [0.717, 1.165) is 37.0 Å². The van der Waals surface area contributed by atoms with Gasteiger partial charge in [-0.25, -0.2) is 0 Å². The Labute approximate surface area is 103 Å². The Hall–Kier alpha value is -1.31. The Balaban J connectivity index is 2.02. The molecule has 2 heteroatoms. The molecule has 1 fully saturated rings. The van der Waals surface area contributed by atoms with E-state index in [1.54, 1.807) is 0 Å². The van der Waals surface area contributed by atoms with Crippen molar-refractivity contribution in [2.24, 2.45) is 5.92 Å². The molecule has 0 aliphatic heterocycles. The fourth-order valence-electron chi connectivity index (χ4n) is 1.97. The molecule has 0 amide bonds. The Morgan fingerprint density at radius 3 is 2.29 bits per heavy atom. The van der Waals surface area contributed by atoms with Crippen LogP contribution in [0.5, 0.6) is 5.75 Å². The Kier molecular flexibility index (Phi) is 3.82. The lowest BCUT2D eigenvalue weighted by Gasteiger charge is -2.11. The number of carbonyl (C=O) groups excluding carboxylic acids is 1. The molecular formula is C15H20O2. The molecule has 0 unspecified atom stereocenters. The van der Waals surface area contributed by atoms with Gasteiger partial charge in [0, 0.05) is 11.5 Å². The largest absolute Gasteiger partial charge is 0.490 e. The van der Waals surface area contributed by atoms with E-state index in [2.05, 4.69) is 13.8 Å². The lowest BCUT2D eigenvalue weighted by molar-refractivity contribution is 0.0913. The second kappa shape index (κ2) is 5.35. The molecule has 17 heavy (non-hydrogen) atoms. The summed E-state index contributed by atoms with van der Waals surface area (Å²) in [5, 5.41) is 0. The molecule has 0 atom stereocenters. The number of ketones is 1. The number of hydrogen-bond donors (Lipinski definition) is 0. The first-order valence-electron chi connectivity index (χ1n) is 6.55. The number of hydrogen-bond acceptors (Lipinski definition) is 2. The Morgan fingerprint density at radius 1 is 1.24 bits per heavy atom. The van der Waals surface area contributed by atoms with Gasteiger partial charge in [-0.1, -0.05) is 13.8 Å².